The smallest absolute Gasteiger partial charge is 0.272 e. The van der Waals surface area contributed by atoms with Crippen molar-refractivity contribution in [2.45, 2.75) is 13.3 Å². The van der Waals surface area contributed by atoms with Crippen molar-refractivity contribution in [1.82, 2.24) is 4.98 Å². The maximum Gasteiger partial charge on any atom is 0.272 e. The standard InChI is InChI=1S/C13H13F2N3OS/c1-9-8-20-13(17-9)18-16-6-10-2-4-11(5-3-10)19-7-12(14)15/h2-6,8,12H,7H2,1H3,(H,17,18). The van der Waals surface area contributed by atoms with E-state index in [1.807, 2.05) is 12.3 Å². The van der Waals surface area contributed by atoms with Crippen LogP contribution in [-0.2, 0) is 0 Å². The van der Waals surface area contributed by atoms with Crippen LogP contribution in [0.5, 0.6) is 5.75 Å². The third kappa shape index (κ3) is 4.58. The summed E-state index contributed by atoms with van der Waals surface area (Å²) in [6.07, 6.45) is -0.852. The molecule has 20 heavy (non-hydrogen) atoms. The van der Waals surface area contributed by atoms with Crippen LogP contribution < -0.4 is 10.2 Å². The molecule has 1 aromatic carbocycles. The minimum Gasteiger partial charge on any atom is -0.488 e. The Morgan fingerprint density at radius 2 is 2.15 bits per heavy atom. The zero-order valence-electron chi connectivity index (χ0n) is 10.7. The van der Waals surface area contributed by atoms with E-state index in [2.05, 4.69) is 15.5 Å². The quantitative estimate of drug-likeness (QED) is 0.655. The number of halogens is 2. The number of nitrogens with zero attached hydrogens (tertiary/aromatic N) is 2. The Hall–Kier alpha value is -2.02. The molecular weight excluding hydrogens is 284 g/mol. The van der Waals surface area contributed by atoms with Gasteiger partial charge >= 0.3 is 0 Å². The lowest BCUT2D eigenvalue weighted by Gasteiger charge is -2.04. The molecule has 2 rings (SSSR count). The van der Waals surface area contributed by atoms with Gasteiger partial charge in [0.2, 0.25) is 5.13 Å². The number of aryl methyl sites for hydroxylation is 1. The van der Waals surface area contributed by atoms with Crippen LogP contribution in [0.3, 0.4) is 0 Å². The van der Waals surface area contributed by atoms with Gasteiger partial charge in [-0.1, -0.05) is 0 Å². The molecule has 1 N–H and O–H groups in total. The van der Waals surface area contributed by atoms with E-state index >= 15 is 0 Å². The summed E-state index contributed by atoms with van der Waals surface area (Å²) in [7, 11) is 0. The van der Waals surface area contributed by atoms with Gasteiger partial charge < -0.3 is 4.74 Å². The van der Waals surface area contributed by atoms with Crippen molar-refractivity contribution in [3.8, 4) is 5.75 Å². The number of rotatable bonds is 6. The number of hydrogen-bond donors (Lipinski definition) is 1. The monoisotopic (exact) mass is 297 g/mol. The summed E-state index contributed by atoms with van der Waals surface area (Å²) in [4.78, 5) is 4.20. The lowest BCUT2D eigenvalue weighted by atomic mass is 10.2. The largest absolute Gasteiger partial charge is 0.488 e. The van der Waals surface area contributed by atoms with Gasteiger partial charge in [0.05, 0.1) is 11.9 Å². The van der Waals surface area contributed by atoms with Crippen LogP contribution in [0.25, 0.3) is 0 Å². The van der Waals surface area contributed by atoms with Gasteiger partial charge in [-0.2, -0.15) is 5.10 Å². The topological polar surface area (TPSA) is 46.5 Å². The van der Waals surface area contributed by atoms with Gasteiger partial charge in [0, 0.05) is 5.38 Å². The van der Waals surface area contributed by atoms with Gasteiger partial charge in [0.25, 0.3) is 6.43 Å². The van der Waals surface area contributed by atoms with Crippen molar-refractivity contribution in [2.75, 3.05) is 12.0 Å². The minimum absolute atomic E-state index is 0.408. The molecule has 0 aliphatic heterocycles. The van der Waals surface area contributed by atoms with Gasteiger partial charge in [-0.3, -0.25) is 5.43 Å². The van der Waals surface area contributed by atoms with E-state index in [1.165, 1.54) is 11.3 Å². The Labute approximate surface area is 119 Å². The average molecular weight is 297 g/mol. The predicted octanol–water partition coefficient (Wildman–Crippen LogP) is 3.54. The predicted molar refractivity (Wildman–Crippen MR) is 76.0 cm³/mol. The van der Waals surface area contributed by atoms with Gasteiger partial charge in [-0.05, 0) is 36.8 Å². The molecule has 0 aliphatic rings. The molecule has 2 aromatic rings. The molecule has 0 fully saturated rings. The number of benzene rings is 1. The molecule has 0 bridgehead atoms. The fraction of sp³-hybridized carbons (Fsp3) is 0.231. The van der Waals surface area contributed by atoms with Crippen molar-refractivity contribution < 1.29 is 13.5 Å². The second kappa shape index (κ2) is 6.95. The summed E-state index contributed by atoms with van der Waals surface area (Å²) in [6, 6.07) is 6.71. The van der Waals surface area contributed by atoms with Gasteiger partial charge in [-0.15, -0.1) is 11.3 Å². The van der Waals surface area contributed by atoms with Gasteiger partial charge in [0.15, 0.2) is 0 Å². The minimum atomic E-state index is -2.47. The van der Waals surface area contributed by atoms with E-state index in [0.29, 0.717) is 5.75 Å². The van der Waals surface area contributed by atoms with Crippen LogP contribution in [0.15, 0.2) is 34.7 Å². The van der Waals surface area contributed by atoms with Crippen molar-refractivity contribution in [2.24, 2.45) is 5.10 Å². The molecule has 4 nitrogen and oxygen atoms in total. The van der Waals surface area contributed by atoms with Crippen molar-refractivity contribution in [3.05, 3.63) is 40.9 Å². The molecular formula is C13H13F2N3OS. The van der Waals surface area contributed by atoms with E-state index in [0.717, 1.165) is 16.4 Å². The van der Waals surface area contributed by atoms with Crippen LogP contribution in [-0.4, -0.2) is 24.2 Å². The van der Waals surface area contributed by atoms with E-state index in [4.69, 9.17) is 4.74 Å². The number of ether oxygens (including phenoxy) is 1. The second-order valence-electron chi connectivity index (χ2n) is 3.94. The fourth-order valence-corrected chi connectivity index (χ4v) is 2.01. The van der Waals surface area contributed by atoms with Gasteiger partial charge in [-0.25, -0.2) is 13.8 Å². The number of hydrogen-bond acceptors (Lipinski definition) is 5. The highest BCUT2D eigenvalue weighted by Crippen LogP contribution is 2.14. The zero-order chi connectivity index (χ0) is 14.4. The third-order valence-corrected chi connectivity index (χ3v) is 3.11. The normalized spacial score (nSPS) is 11.2. The fourth-order valence-electron chi connectivity index (χ4n) is 1.38. The van der Waals surface area contributed by atoms with Crippen LogP contribution in [0.1, 0.15) is 11.3 Å². The van der Waals surface area contributed by atoms with Gasteiger partial charge in [0.1, 0.15) is 12.4 Å². The number of nitrogens with one attached hydrogen (secondary N) is 1. The molecule has 106 valence electrons. The number of anilines is 1. The maximum absolute atomic E-state index is 12.0. The third-order valence-electron chi connectivity index (χ3n) is 2.25. The molecule has 0 unspecified atom stereocenters. The van der Waals surface area contributed by atoms with E-state index in [9.17, 15) is 8.78 Å². The molecule has 0 aliphatic carbocycles. The van der Waals surface area contributed by atoms with E-state index in [-0.39, 0.29) is 0 Å². The molecule has 0 amide bonds. The molecule has 0 saturated heterocycles. The molecule has 1 heterocycles. The van der Waals surface area contributed by atoms with Crippen molar-refractivity contribution >= 4 is 22.7 Å². The Kier molecular flexibility index (Phi) is 5.00. The summed E-state index contributed by atoms with van der Waals surface area (Å²) in [5.74, 6) is 0.408. The Morgan fingerprint density at radius 3 is 2.75 bits per heavy atom. The summed E-state index contributed by atoms with van der Waals surface area (Å²) < 4.78 is 28.8. The second-order valence-corrected chi connectivity index (χ2v) is 4.79. The average Bonchev–Trinajstić information content (AvgIpc) is 2.83. The Balaban J connectivity index is 1.86. The molecule has 0 spiro atoms. The van der Waals surface area contributed by atoms with E-state index < -0.39 is 13.0 Å². The summed E-state index contributed by atoms with van der Waals surface area (Å²) >= 11 is 1.47. The van der Waals surface area contributed by atoms with Crippen molar-refractivity contribution in [3.63, 3.8) is 0 Å². The molecule has 0 radical (unpaired) electrons. The number of alkyl halides is 2. The van der Waals surface area contributed by atoms with Crippen LogP contribution in [0, 0.1) is 6.92 Å². The van der Waals surface area contributed by atoms with Crippen LogP contribution in [0.4, 0.5) is 13.9 Å². The molecule has 7 heteroatoms. The first-order valence-electron chi connectivity index (χ1n) is 5.86. The summed E-state index contributed by atoms with van der Waals surface area (Å²) in [5.41, 5.74) is 4.58. The SMILES string of the molecule is Cc1csc(NN=Cc2ccc(OCC(F)F)cc2)n1. The highest BCUT2D eigenvalue weighted by Gasteiger charge is 2.02. The molecule has 0 saturated carbocycles. The van der Waals surface area contributed by atoms with Crippen LogP contribution >= 0.6 is 11.3 Å². The first-order chi connectivity index (χ1) is 9.63. The first-order valence-corrected chi connectivity index (χ1v) is 6.73. The number of aromatic nitrogens is 1. The van der Waals surface area contributed by atoms with Crippen LogP contribution in [0.2, 0.25) is 0 Å². The Bertz CT molecular complexity index is 569. The lowest BCUT2D eigenvalue weighted by molar-refractivity contribution is 0.0819. The maximum atomic E-state index is 12.0. The highest BCUT2D eigenvalue weighted by atomic mass is 32.1. The first kappa shape index (κ1) is 14.4. The summed E-state index contributed by atoms with van der Waals surface area (Å²) in [5, 5.41) is 6.68. The Morgan fingerprint density at radius 1 is 1.40 bits per heavy atom. The van der Waals surface area contributed by atoms with Crippen molar-refractivity contribution in [1.29, 1.82) is 0 Å². The highest BCUT2D eigenvalue weighted by molar-refractivity contribution is 7.13. The zero-order valence-corrected chi connectivity index (χ0v) is 11.5. The van der Waals surface area contributed by atoms with E-state index in [1.54, 1.807) is 30.5 Å². The summed E-state index contributed by atoms with van der Waals surface area (Å²) in [6.45, 7) is 1.31. The number of thiazole rings is 1. The number of hydrazone groups is 1. The lowest BCUT2D eigenvalue weighted by Crippen LogP contribution is -2.06. The molecule has 0 atom stereocenters. The molecule has 1 aromatic heterocycles.